The number of hydrogen-bond donors (Lipinski definition) is 2. The average Bonchev–Trinajstić information content (AvgIpc) is 2.78. The zero-order valence-electron chi connectivity index (χ0n) is 10.4. The highest BCUT2D eigenvalue weighted by Gasteiger charge is 2.36. The first-order chi connectivity index (χ1) is 8.14. The SMILES string of the molecule is COc1cccc(NC(=O)C2(N)CCCC2)c1.Cl. The molecule has 1 saturated carbocycles. The van der Waals surface area contributed by atoms with E-state index in [1.807, 2.05) is 18.2 Å². The van der Waals surface area contributed by atoms with Gasteiger partial charge in [-0.2, -0.15) is 0 Å². The van der Waals surface area contributed by atoms with Gasteiger partial charge in [-0.3, -0.25) is 4.79 Å². The van der Waals surface area contributed by atoms with Gasteiger partial charge in [0, 0.05) is 11.8 Å². The topological polar surface area (TPSA) is 64.3 Å². The van der Waals surface area contributed by atoms with Crippen molar-refractivity contribution < 1.29 is 9.53 Å². The summed E-state index contributed by atoms with van der Waals surface area (Å²) in [5.74, 6) is 0.628. The van der Waals surface area contributed by atoms with E-state index >= 15 is 0 Å². The molecule has 18 heavy (non-hydrogen) atoms. The summed E-state index contributed by atoms with van der Waals surface area (Å²) in [4.78, 5) is 12.1. The summed E-state index contributed by atoms with van der Waals surface area (Å²) in [6.07, 6.45) is 3.59. The molecule has 0 radical (unpaired) electrons. The molecule has 1 aromatic carbocycles. The molecule has 1 aliphatic rings. The number of carbonyl (C=O) groups is 1. The maximum absolute atomic E-state index is 12.1. The fourth-order valence-electron chi connectivity index (χ4n) is 2.19. The molecule has 1 fully saturated rings. The summed E-state index contributed by atoms with van der Waals surface area (Å²) in [7, 11) is 1.60. The van der Waals surface area contributed by atoms with Gasteiger partial charge in [0.1, 0.15) is 5.75 Å². The summed E-state index contributed by atoms with van der Waals surface area (Å²) < 4.78 is 5.10. The van der Waals surface area contributed by atoms with Crippen LogP contribution in [0.1, 0.15) is 25.7 Å². The third-order valence-corrected chi connectivity index (χ3v) is 3.28. The fourth-order valence-corrected chi connectivity index (χ4v) is 2.19. The Balaban J connectivity index is 0.00000162. The minimum atomic E-state index is -0.691. The highest BCUT2D eigenvalue weighted by atomic mass is 35.5. The predicted molar refractivity (Wildman–Crippen MR) is 74.3 cm³/mol. The minimum Gasteiger partial charge on any atom is -0.497 e. The number of methoxy groups -OCH3 is 1. The van der Waals surface area contributed by atoms with E-state index in [0.29, 0.717) is 0 Å². The van der Waals surface area contributed by atoms with Gasteiger partial charge < -0.3 is 15.8 Å². The number of anilines is 1. The van der Waals surface area contributed by atoms with E-state index < -0.39 is 5.54 Å². The molecular weight excluding hydrogens is 252 g/mol. The summed E-state index contributed by atoms with van der Waals surface area (Å²) in [5.41, 5.74) is 6.11. The summed E-state index contributed by atoms with van der Waals surface area (Å²) >= 11 is 0. The van der Waals surface area contributed by atoms with Gasteiger partial charge in [0.2, 0.25) is 5.91 Å². The van der Waals surface area contributed by atoms with Gasteiger partial charge >= 0.3 is 0 Å². The molecule has 0 atom stereocenters. The Kier molecular flexibility index (Phi) is 4.99. The third kappa shape index (κ3) is 3.15. The lowest BCUT2D eigenvalue weighted by molar-refractivity contribution is -0.121. The van der Waals surface area contributed by atoms with Crippen molar-refractivity contribution in [1.82, 2.24) is 0 Å². The van der Waals surface area contributed by atoms with Crippen LogP contribution in [0.15, 0.2) is 24.3 Å². The first kappa shape index (κ1) is 14.8. The maximum Gasteiger partial charge on any atom is 0.244 e. The molecule has 4 nitrogen and oxygen atoms in total. The molecule has 5 heteroatoms. The first-order valence-electron chi connectivity index (χ1n) is 5.88. The Labute approximate surface area is 113 Å². The van der Waals surface area contributed by atoms with Crippen molar-refractivity contribution in [3.8, 4) is 5.75 Å². The third-order valence-electron chi connectivity index (χ3n) is 3.28. The second kappa shape index (κ2) is 6.07. The fraction of sp³-hybridized carbons (Fsp3) is 0.462. The van der Waals surface area contributed by atoms with Crippen molar-refractivity contribution >= 4 is 24.0 Å². The molecule has 1 amide bonds. The summed E-state index contributed by atoms with van der Waals surface area (Å²) in [5, 5.41) is 2.86. The van der Waals surface area contributed by atoms with E-state index in [-0.39, 0.29) is 18.3 Å². The van der Waals surface area contributed by atoms with E-state index in [1.165, 1.54) is 0 Å². The molecule has 100 valence electrons. The lowest BCUT2D eigenvalue weighted by Gasteiger charge is -2.22. The Bertz CT molecular complexity index is 417. The van der Waals surface area contributed by atoms with Gasteiger partial charge in [0.05, 0.1) is 12.6 Å². The Morgan fingerprint density at radius 3 is 2.67 bits per heavy atom. The van der Waals surface area contributed by atoms with Crippen molar-refractivity contribution in [2.75, 3.05) is 12.4 Å². The van der Waals surface area contributed by atoms with Crippen molar-refractivity contribution in [2.24, 2.45) is 5.73 Å². The second-order valence-corrected chi connectivity index (χ2v) is 4.55. The Morgan fingerprint density at radius 1 is 1.39 bits per heavy atom. The van der Waals surface area contributed by atoms with Gasteiger partial charge in [-0.1, -0.05) is 18.9 Å². The summed E-state index contributed by atoms with van der Waals surface area (Å²) in [6.45, 7) is 0. The van der Waals surface area contributed by atoms with Crippen molar-refractivity contribution in [3.63, 3.8) is 0 Å². The van der Waals surface area contributed by atoms with Gasteiger partial charge in [-0.25, -0.2) is 0 Å². The molecule has 0 heterocycles. The number of nitrogens with two attached hydrogens (primary N) is 1. The van der Waals surface area contributed by atoms with Crippen molar-refractivity contribution in [2.45, 2.75) is 31.2 Å². The lowest BCUT2D eigenvalue weighted by Crippen LogP contribution is -2.48. The minimum absolute atomic E-state index is 0. The van der Waals surface area contributed by atoms with Crippen LogP contribution >= 0.6 is 12.4 Å². The van der Waals surface area contributed by atoms with Crippen LogP contribution in [0.25, 0.3) is 0 Å². The maximum atomic E-state index is 12.1. The number of ether oxygens (including phenoxy) is 1. The highest BCUT2D eigenvalue weighted by Crippen LogP contribution is 2.28. The van der Waals surface area contributed by atoms with Crippen LogP contribution in [0, 0.1) is 0 Å². The average molecular weight is 271 g/mol. The van der Waals surface area contributed by atoms with Crippen LogP contribution in [0.5, 0.6) is 5.75 Å². The van der Waals surface area contributed by atoms with E-state index in [4.69, 9.17) is 10.5 Å². The Hall–Kier alpha value is -1.26. The number of rotatable bonds is 3. The van der Waals surface area contributed by atoms with Crippen LogP contribution in [0.3, 0.4) is 0 Å². The van der Waals surface area contributed by atoms with Gasteiger partial charge in [-0.15, -0.1) is 12.4 Å². The highest BCUT2D eigenvalue weighted by molar-refractivity contribution is 5.98. The molecule has 0 saturated heterocycles. The van der Waals surface area contributed by atoms with Gasteiger partial charge in [-0.05, 0) is 25.0 Å². The zero-order valence-corrected chi connectivity index (χ0v) is 11.3. The molecule has 1 aliphatic carbocycles. The second-order valence-electron chi connectivity index (χ2n) is 4.55. The molecule has 0 unspecified atom stereocenters. The Morgan fingerprint density at radius 2 is 2.06 bits per heavy atom. The van der Waals surface area contributed by atoms with E-state index in [1.54, 1.807) is 13.2 Å². The monoisotopic (exact) mass is 270 g/mol. The largest absolute Gasteiger partial charge is 0.497 e. The molecule has 2 rings (SSSR count). The number of carbonyl (C=O) groups excluding carboxylic acids is 1. The molecule has 0 spiro atoms. The zero-order chi connectivity index (χ0) is 12.3. The van der Waals surface area contributed by atoms with Crippen LogP contribution in [-0.2, 0) is 4.79 Å². The van der Waals surface area contributed by atoms with Crippen LogP contribution < -0.4 is 15.8 Å². The van der Waals surface area contributed by atoms with Crippen molar-refractivity contribution in [1.29, 1.82) is 0 Å². The number of nitrogens with one attached hydrogen (secondary N) is 1. The quantitative estimate of drug-likeness (QED) is 0.886. The molecule has 3 N–H and O–H groups in total. The lowest BCUT2D eigenvalue weighted by atomic mass is 9.98. The summed E-state index contributed by atoms with van der Waals surface area (Å²) in [6, 6.07) is 7.30. The smallest absolute Gasteiger partial charge is 0.244 e. The standard InChI is InChI=1S/C13H18N2O2.ClH/c1-17-11-6-4-5-10(9-11)15-12(16)13(14)7-2-3-8-13;/h4-6,9H,2-3,7-8,14H2,1H3,(H,15,16);1H. The predicted octanol–water partition coefficient (Wildman–Crippen LogP) is 2.33. The van der Waals surface area contributed by atoms with E-state index in [0.717, 1.165) is 37.1 Å². The molecule has 0 bridgehead atoms. The van der Waals surface area contributed by atoms with E-state index in [9.17, 15) is 4.79 Å². The molecule has 0 aliphatic heterocycles. The number of benzene rings is 1. The van der Waals surface area contributed by atoms with E-state index in [2.05, 4.69) is 5.32 Å². The van der Waals surface area contributed by atoms with Crippen molar-refractivity contribution in [3.05, 3.63) is 24.3 Å². The molecular formula is C13H19ClN2O2. The van der Waals surface area contributed by atoms with Gasteiger partial charge in [0.15, 0.2) is 0 Å². The normalized spacial score (nSPS) is 16.8. The van der Waals surface area contributed by atoms with Crippen LogP contribution in [0.4, 0.5) is 5.69 Å². The van der Waals surface area contributed by atoms with Crippen LogP contribution in [-0.4, -0.2) is 18.6 Å². The van der Waals surface area contributed by atoms with Gasteiger partial charge in [0.25, 0.3) is 0 Å². The molecule has 0 aromatic heterocycles. The first-order valence-corrected chi connectivity index (χ1v) is 5.88. The number of hydrogen-bond acceptors (Lipinski definition) is 3. The number of amides is 1. The van der Waals surface area contributed by atoms with Crippen LogP contribution in [0.2, 0.25) is 0 Å². The molecule has 1 aromatic rings. The number of halogens is 1.